The molecule has 0 bridgehead atoms. The maximum absolute atomic E-state index is 11.4. The number of hydrogen-bond acceptors (Lipinski definition) is 2. The maximum atomic E-state index is 11.4. The fourth-order valence-electron chi connectivity index (χ4n) is 1.45. The monoisotopic (exact) mass is 199 g/mol. The largest absolute Gasteiger partial charge is 0.328 e. The summed E-state index contributed by atoms with van der Waals surface area (Å²) in [6.07, 6.45) is 5.62. The van der Waals surface area contributed by atoms with Gasteiger partial charge in [0.05, 0.1) is 0 Å². The first-order chi connectivity index (χ1) is 6.52. The zero-order chi connectivity index (χ0) is 11.0. The van der Waals surface area contributed by atoms with Crippen molar-refractivity contribution >= 4 is 5.78 Å². The van der Waals surface area contributed by atoms with Gasteiger partial charge in [0.15, 0.2) is 0 Å². The van der Waals surface area contributed by atoms with Crippen LogP contribution in [0.3, 0.4) is 0 Å². The molecule has 0 saturated heterocycles. The summed E-state index contributed by atoms with van der Waals surface area (Å²) in [6.45, 7) is 6.38. The molecule has 0 aromatic heterocycles. The third kappa shape index (κ3) is 9.72. The topological polar surface area (TPSA) is 43.1 Å². The summed E-state index contributed by atoms with van der Waals surface area (Å²) in [4.78, 5) is 11.4. The molecule has 0 aliphatic heterocycles. The molecule has 0 aromatic rings. The van der Waals surface area contributed by atoms with Gasteiger partial charge in [-0.05, 0) is 32.1 Å². The van der Waals surface area contributed by atoms with Gasteiger partial charge in [0.25, 0.3) is 0 Å². The van der Waals surface area contributed by atoms with Crippen LogP contribution in [0.2, 0.25) is 0 Å². The Morgan fingerprint density at radius 3 is 2.00 bits per heavy atom. The molecule has 0 saturated carbocycles. The van der Waals surface area contributed by atoms with Crippen molar-refractivity contribution in [3.63, 3.8) is 0 Å². The van der Waals surface area contributed by atoms with Gasteiger partial charge < -0.3 is 5.73 Å². The second-order valence-electron chi connectivity index (χ2n) is 4.69. The third-order valence-corrected chi connectivity index (χ3v) is 2.35. The first kappa shape index (κ1) is 13.6. The summed E-state index contributed by atoms with van der Waals surface area (Å²) in [5, 5.41) is 0. The number of carbonyl (C=O) groups is 1. The minimum absolute atomic E-state index is 0.235. The molecule has 84 valence electrons. The number of hydrogen-bond donors (Lipinski definition) is 1. The molecule has 2 N–H and O–H groups in total. The molecule has 0 amide bonds. The molecule has 0 aliphatic rings. The van der Waals surface area contributed by atoms with E-state index < -0.39 is 0 Å². The van der Waals surface area contributed by atoms with Crippen LogP contribution in [-0.2, 0) is 4.79 Å². The lowest BCUT2D eigenvalue weighted by atomic mass is 10.0. The molecular formula is C12H25NO. The molecule has 0 spiro atoms. The predicted molar refractivity (Wildman–Crippen MR) is 61.2 cm³/mol. The highest BCUT2D eigenvalue weighted by molar-refractivity contribution is 5.78. The van der Waals surface area contributed by atoms with Gasteiger partial charge in [-0.25, -0.2) is 0 Å². The molecule has 0 radical (unpaired) electrons. The Labute approximate surface area is 88.3 Å². The van der Waals surface area contributed by atoms with Gasteiger partial charge in [-0.2, -0.15) is 0 Å². The van der Waals surface area contributed by atoms with Crippen molar-refractivity contribution in [2.75, 3.05) is 0 Å². The fraction of sp³-hybridized carbons (Fsp3) is 0.917. The van der Waals surface area contributed by atoms with Crippen LogP contribution in [0.15, 0.2) is 0 Å². The minimum atomic E-state index is 0.235. The molecule has 0 aromatic carbocycles. The molecule has 1 atom stereocenters. The molecule has 0 rings (SSSR count). The summed E-state index contributed by atoms with van der Waals surface area (Å²) in [5.41, 5.74) is 5.61. The van der Waals surface area contributed by atoms with E-state index in [-0.39, 0.29) is 6.04 Å². The van der Waals surface area contributed by atoms with Crippen LogP contribution in [0, 0.1) is 5.92 Å². The van der Waals surface area contributed by atoms with E-state index in [1.807, 2.05) is 6.92 Å². The van der Waals surface area contributed by atoms with E-state index in [0.29, 0.717) is 11.7 Å². The smallest absolute Gasteiger partial charge is 0.132 e. The van der Waals surface area contributed by atoms with Gasteiger partial charge in [0.2, 0.25) is 0 Å². The number of nitrogens with two attached hydrogens (primary N) is 1. The van der Waals surface area contributed by atoms with Gasteiger partial charge in [-0.15, -0.1) is 0 Å². The number of ketones is 1. The number of carbonyl (C=O) groups excluding carboxylic acids is 1. The van der Waals surface area contributed by atoms with Gasteiger partial charge >= 0.3 is 0 Å². The first-order valence-electron chi connectivity index (χ1n) is 5.79. The zero-order valence-corrected chi connectivity index (χ0v) is 9.88. The number of Topliss-reactive ketones (excluding diaryl/α,β-unsaturated/α-hetero) is 1. The molecule has 2 nitrogen and oxygen atoms in total. The van der Waals surface area contributed by atoms with Crippen LogP contribution >= 0.6 is 0 Å². The van der Waals surface area contributed by atoms with Gasteiger partial charge in [0, 0.05) is 18.9 Å². The standard InChI is InChI=1S/C12H25NO/c1-10(2)6-4-8-12(14)9-5-7-11(3)13/h10-11H,4-9,13H2,1-3H3. The summed E-state index contributed by atoms with van der Waals surface area (Å²) in [5.74, 6) is 1.12. The average Bonchev–Trinajstić information content (AvgIpc) is 2.02. The molecule has 14 heavy (non-hydrogen) atoms. The van der Waals surface area contributed by atoms with Crippen LogP contribution in [0.1, 0.15) is 59.3 Å². The van der Waals surface area contributed by atoms with E-state index in [0.717, 1.165) is 32.1 Å². The number of rotatable bonds is 8. The Morgan fingerprint density at radius 1 is 1.07 bits per heavy atom. The highest BCUT2D eigenvalue weighted by Crippen LogP contribution is 2.09. The van der Waals surface area contributed by atoms with Crippen molar-refractivity contribution in [3.05, 3.63) is 0 Å². The Bertz CT molecular complexity index is 136. The third-order valence-electron chi connectivity index (χ3n) is 2.35. The molecule has 0 heterocycles. The van der Waals surface area contributed by atoms with E-state index in [1.54, 1.807) is 0 Å². The van der Waals surface area contributed by atoms with Crippen molar-refractivity contribution in [2.45, 2.75) is 65.3 Å². The van der Waals surface area contributed by atoms with Gasteiger partial charge in [-0.1, -0.05) is 20.3 Å². The van der Waals surface area contributed by atoms with Crippen LogP contribution < -0.4 is 5.73 Å². The summed E-state index contributed by atoms with van der Waals surface area (Å²) < 4.78 is 0. The summed E-state index contributed by atoms with van der Waals surface area (Å²) >= 11 is 0. The highest BCUT2D eigenvalue weighted by Gasteiger charge is 2.03. The molecular weight excluding hydrogens is 174 g/mol. The van der Waals surface area contributed by atoms with Crippen molar-refractivity contribution < 1.29 is 4.79 Å². The normalized spacial score (nSPS) is 13.2. The second-order valence-corrected chi connectivity index (χ2v) is 4.69. The van der Waals surface area contributed by atoms with Crippen LogP contribution in [0.25, 0.3) is 0 Å². The van der Waals surface area contributed by atoms with E-state index >= 15 is 0 Å². The Morgan fingerprint density at radius 2 is 1.57 bits per heavy atom. The van der Waals surface area contributed by atoms with E-state index in [2.05, 4.69) is 13.8 Å². The molecule has 2 heteroatoms. The van der Waals surface area contributed by atoms with Gasteiger partial charge in [-0.3, -0.25) is 4.79 Å². The zero-order valence-electron chi connectivity index (χ0n) is 9.88. The summed E-state index contributed by atoms with van der Waals surface area (Å²) in [7, 11) is 0. The average molecular weight is 199 g/mol. The predicted octanol–water partition coefficient (Wildman–Crippen LogP) is 2.90. The molecule has 0 aliphatic carbocycles. The Hall–Kier alpha value is -0.370. The van der Waals surface area contributed by atoms with E-state index in [9.17, 15) is 4.79 Å². The van der Waals surface area contributed by atoms with Crippen LogP contribution in [0.4, 0.5) is 0 Å². The quantitative estimate of drug-likeness (QED) is 0.653. The lowest BCUT2D eigenvalue weighted by molar-refractivity contribution is -0.119. The fourth-order valence-corrected chi connectivity index (χ4v) is 1.45. The first-order valence-corrected chi connectivity index (χ1v) is 5.79. The van der Waals surface area contributed by atoms with E-state index in [1.165, 1.54) is 6.42 Å². The molecule has 1 unspecified atom stereocenters. The Kier molecular flexibility index (Phi) is 7.77. The van der Waals surface area contributed by atoms with Crippen molar-refractivity contribution in [1.29, 1.82) is 0 Å². The van der Waals surface area contributed by atoms with Crippen molar-refractivity contribution in [2.24, 2.45) is 11.7 Å². The second kappa shape index (κ2) is 7.98. The van der Waals surface area contributed by atoms with Gasteiger partial charge in [0.1, 0.15) is 5.78 Å². The maximum Gasteiger partial charge on any atom is 0.132 e. The lowest BCUT2D eigenvalue weighted by Gasteiger charge is -2.05. The lowest BCUT2D eigenvalue weighted by Crippen LogP contribution is -2.14. The summed E-state index contributed by atoms with van der Waals surface area (Å²) in [6, 6.07) is 0.235. The Balaban J connectivity index is 3.28. The SMILES string of the molecule is CC(C)CCCC(=O)CCCC(C)N. The van der Waals surface area contributed by atoms with E-state index in [4.69, 9.17) is 5.73 Å². The van der Waals surface area contributed by atoms with Crippen molar-refractivity contribution in [3.8, 4) is 0 Å². The molecule has 0 fully saturated rings. The van der Waals surface area contributed by atoms with Crippen LogP contribution in [-0.4, -0.2) is 11.8 Å². The highest BCUT2D eigenvalue weighted by atomic mass is 16.1. The van der Waals surface area contributed by atoms with Crippen molar-refractivity contribution in [1.82, 2.24) is 0 Å². The minimum Gasteiger partial charge on any atom is -0.328 e. The van der Waals surface area contributed by atoms with Crippen LogP contribution in [0.5, 0.6) is 0 Å².